The Balaban J connectivity index is 1.98. The second-order valence-corrected chi connectivity index (χ2v) is 5.42. The molecule has 6 nitrogen and oxygen atoms in total. The van der Waals surface area contributed by atoms with Crippen molar-refractivity contribution in [1.82, 2.24) is 14.9 Å². The summed E-state index contributed by atoms with van der Waals surface area (Å²) < 4.78 is 0. The average Bonchev–Trinajstić information content (AvgIpc) is 2.36. The monoisotopic (exact) mass is 262 g/mol. The SMILES string of the molecule is CN(C)CCCCC1(N)Cc2c(N)ncnc2C=N1. The van der Waals surface area contributed by atoms with Crippen LogP contribution in [0, 0.1) is 0 Å². The molecule has 0 saturated heterocycles. The molecular weight excluding hydrogens is 240 g/mol. The summed E-state index contributed by atoms with van der Waals surface area (Å²) in [4.78, 5) is 14.8. The molecule has 0 radical (unpaired) electrons. The number of hydrogen-bond acceptors (Lipinski definition) is 6. The molecule has 1 aromatic heterocycles. The number of aliphatic imine (C=N–C) groups is 1. The third-order valence-corrected chi connectivity index (χ3v) is 3.40. The number of nitrogens with two attached hydrogens (primary N) is 2. The maximum absolute atomic E-state index is 6.34. The van der Waals surface area contributed by atoms with Crippen molar-refractivity contribution in [1.29, 1.82) is 0 Å². The van der Waals surface area contributed by atoms with Crippen LogP contribution in [-0.2, 0) is 6.42 Å². The Morgan fingerprint density at radius 1 is 1.32 bits per heavy atom. The van der Waals surface area contributed by atoms with Crippen molar-refractivity contribution < 1.29 is 0 Å². The summed E-state index contributed by atoms with van der Waals surface area (Å²) in [6.07, 6.45) is 6.83. The Morgan fingerprint density at radius 2 is 2.11 bits per heavy atom. The fourth-order valence-electron chi connectivity index (χ4n) is 2.29. The molecule has 2 rings (SSSR count). The van der Waals surface area contributed by atoms with Gasteiger partial charge in [0.05, 0.1) is 5.69 Å². The van der Waals surface area contributed by atoms with Crippen LogP contribution >= 0.6 is 0 Å². The topological polar surface area (TPSA) is 93.4 Å². The van der Waals surface area contributed by atoms with Crippen LogP contribution in [0.2, 0.25) is 0 Å². The van der Waals surface area contributed by atoms with Crippen LogP contribution in [0.3, 0.4) is 0 Å². The summed E-state index contributed by atoms with van der Waals surface area (Å²) in [7, 11) is 4.15. The lowest BCUT2D eigenvalue weighted by Gasteiger charge is -2.29. The fraction of sp³-hybridized carbons (Fsp3) is 0.615. The Morgan fingerprint density at radius 3 is 2.84 bits per heavy atom. The van der Waals surface area contributed by atoms with E-state index >= 15 is 0 Å². The Kier molecular flexibility index (Phi) is 4.11. The van der Waals surface area contributed by atoms with Gasteiger partial charge in [-0.1, -0.05) is 0 Å². The third kappa shape index (κ3) is 3.48. The summed E-state index contributed by atoms with van der Waals surface area (Å²) in [6, 6.07) is 0. The van der Waals surface area contributed by atoms with Gasteiger partial charge in [0.1, 0.15) is 17.8 Å². The normalized spacial score (nSPS) is 21.7. The van der Waals surface area contributed by atoms with Crippen molar-refractivity contribution in [3.63, 3.8) is 0 Å². The van der Waals surface area contributed by atoms with Crippen LogP contribution in [0.4, 0.5) is 5.82 Å². The number of hydrogen-bond donors (Lipinski definition) is 2. The maximum atomic E-state index is 6.34. The van der Waals surface area contributed by atoms with Crippen LogP contribution in [0.1, 0.15) is 30.5 Å². The van der Waals surface area contributed by atoms with Crippen molar-refractivity contribution in [2.24, 2.45) is 10.7 Å². The number of nitrogens with zero attached hydrogens (tertiary/aromatic N) is 4. The van der Waals surface area contributed by atoms with Gasteiger partial charge in [-0.2, -0.15) is 0 Å². The van der Waals surface area contributed by atoms with Crippen molar-refractivity contribution in [2.75, 3.05) is 26.4 Å². The third-order valence-electron chi connectivity index (χ3n) is 3.40. The minimum Gasteiger partial charge on any atom is -0.383 e. The van der Waals surface area contributed by atoms with E-state index in [0.29, 0.717) is 12.2 Å². The summed E-state index contributed by atoms with van der Waals surface area (Å²) >= 11 is 0. The van der Waals surface area contributed by atoms with Gasteiger partial charge in [0, 0.05) is 18.2 Å². The molecule has 1 aliphatic heterocycles. The highest BCUT2D eigenvalue weighted by atomic mass is 15.1. The van der Waals surface area contributed by atoms with Gasteiger partial charge in [0.25, 0.3) is 0 Å². The van der Waals surface area contributed by atoms with E-state index in [9.17, 15) is 0 Å². The lowest BCUT2D eigenvalue weighted by Crippen LogP contribution is -2.43. The molecule has 0 spiro atoms. The standard InChI is InChI=1S/C13H22N6/c1-19(2)6-4-3-5-13(15)7-10-11(8-18-13)16-9-17-12(10)14/h8-9H,3-7,15H2,1-2H3,(H2,14,16,17). The van der Waals surface area contributed by atoms with E-state index in [-0.39, 0.29) is 0 Å². The molecule has 0 aliphatic carbocycles. The fourth-order valence-corrected chi connectivity index (χ4v) is 2.29. The molecule has 0 saturated carbocycles. The van der Waals surface area contributed by atoms with Gasteiger partial charge < -0.3 is 16.4 Å². The largest absolute Gasteiger partial charge is 0.383 e. The zero-order chi connectivity index (χ0) is 13.9. The molecule has 0 fully saturated rings. The molecule has 2 heterocycles. The van der Waals surface area contributed by atoms with E-state index in [1.165, 1.54) is 6.33 Å². The number of rotatable bonds is 5. The first-order valence-electron chi connectivity index (χ1n) is 6.58. The minimum atomic E-state index is -0.557. The summed E-state index contributed by atoms with van der Waals surface area (Å²) in [5.41, 5.74) is 13.4. The lowest BCUT2D eigenvalue weighted by atomic mass is 9.92. The van der Waals surface area contributed by atoms with Gasteiger partial charge in [-0.3, -0.25) is 4.99 Å². The molecule has 0 aromatic carbocycles. The molecule has 1 aliphatic rings. The van der Waals surface area contributed by atoms with Gasteiger partial charge in [0.2, 0.25) is 0 Å². The molecule has 4 N–H and O–H groups in total. The van der Waals surface area contributed by atoms with Crippen LogP contribution in [0.5, 0.6) is 0 Å². The number of unbranched alkanes of at least 4 members (excludes halogenated alkanes) is 1. The first kappa shape index (κ1) is 13.9. The van der Waals surface area contributed by atoms with Crippen LogP contribution in [-0.4, -0.2) is 47.4 Å². The maximum Gasteiger partial charge on any atom is 0.130 e. The van der Waals surface area contributed by atoms with Gasteiger partial charge >= 0.3 is 0 Å². The Hall–Kier alpha value is -1.53. The summed E-state index contributed by atoms with van der Waals surface area (Å²) in [6.45, 7) is 1.07. The molecule has 0 bridgehead atoms. The van der Waals surface area contributed by atoms with Gasteiger partial charge in [0.15, 0.2) is 0 Å². The van der Waals surface area contributed by atoms with Crippen LogP contribution in [0.25, 0.3) is 0 Å². The summed E-state index contributed by atoms with van der Waals surface area (Å²) in [5, 5.41) is 0. The Labute approximate surface area is 113 Å². The minimum absolute atomic E-state index is 0.513. The molecule has 6 heteroatoms. The number of nitrogen functional groups attached to an aromatic ring is 1. The summed E-state index contributed by atoms with van der Waals surface area (Å²) in [5.74, 6) is 0.513. The van der Waals surface area contributed by atoms with E-state index in [2.05, 4.69) is 34.0 Å². The second-order valence-electron chi connectivity index (χ2n) is 5.42. The van der Waals surface area contributed by atoms with E-state index in [4.69, 9.17) is 11.5 Å². The predicted octanol–water partition coefficient (Wildman–Crippen LogP) is 0.421. The number of anilines is 1. The number of fused-ring (bicyclic) bond motifs is 1. The Bertz CT molecular complexity index is 470. The highest BCUT2D eigenvalue weighted by Gasteiger charge is 2.29. The smallest absolute Gasteiger partial charge is 0.130 e. The van der Waals surface area contributed by atoms with Gasteiger partial charge in [-0.25, -0.2) is 9.97 Å². The predicted molar refractivity (Wildman–Crippen MR) is 77.1 cm³/mol. The van der Waals surface area contributed by atoms with Gasteiger partial charge in [-0.05, 0) is 39.9 Å². The average molecular weight is 262 g/mol. The highest BCUT2D eigenvalue weighted by Crippen LogP contribution is 2.26. The first-order chi connectivity index (χ1) is 9.00. The zero-order valence-corrected chi connectivity index (χ0v) is 11.6. The van der Waals surface area contributed by atoms with Crippen molar-refractivity contribution in [2.45, 2.75) is 31.3 Å². The lowest BCUT2D eigenvalue weighted by molar-refractivity contribution is 0.351. The molecule has 104 valence electrons. The molecular formula is C13H22N6. The quantitative estimate of drug-likeness (QED) is 0.750. The van der Waals surface area contributed by atoms with Crippen molar-refractivity contribution in [3.05, 3.63) is 17.6 Å². The molecule has 0 amide bonds. The van der Waals surface area contributed by atoms with E-state index in [0.717, 1.165) is 37.1 Å². The first-order valence-corrected chi connectivity index (χ1v) is 6.58. The van der Waals surface area contributed by atoms with E-state index in [1.54, 1.807) is 6.21 Å². The van der Waals surface area contributed by atoms with E-state index < -0.39 is 5.66 Å². The van der Waals surface area contributed by atoms with Crippen molar-refractivity contribution in [3.8, 4) is 0 Å². The van der Waals surface area contributed by atoms with Crippen LogP contribution in [0.15, 0.2) is 11.3 Å². The molecule has 1 aromatic rings. The zero-order valence-electron chi connectivity index (χ0n) is 11.6. The van der Waals surface area contributed by atoms with Gasteiger partial charge in [-0.15, -0.1) is 0 Å². The highest BCUT2D eigenvalue weighted by molar-refractivity contribution is 5.82. The molecule has 19 heavy (non-hydrogen) atoms. The van der Waals surface area contributed by atoms with Crippen molar-refractivity contribution >= 4 is 12.0 Å². The number of aromatic nitrogens is 2. The van der Waals surface area contributed by atoms with Crippen LogP contribution < -0.4 is 11.5 Å². The van der Waals surface area contributed by atoms with E-state index in [1.807, 2.05) is 0 Å². The second kappa shape index (κ2) is 5.63. The molecule has 1 unspecified atom stereocenters. The molecule has 1 atom stereocenters.